The van der Waals surface area contributed by atoms with Gasteiger partial charge in [0.1, 0.15) is 17.5 Å². The van der Waals surface area contributed by atoms with Crippen molar-refractivity contribution in [2.24, 2.45) is 10.3 Å². The molecule has 0 fully saturated rings. The molecule has 248 valence electrons. The van der Waals surface area contributed by atoms with E-state index in [4.69, 9.17) is 10.3 Å². The van der Waals surface area contributed by atoms with Crippen molar-refractivity contribution in [3.8, 4) is 22.3 Å². The number of alkyl halides is 6. The van der Waals surface area contributed by atoms with E-state index >= 15 is 0 Å². The quantitative estimate of drug-likeness (QED) is 0.166. The molecule has 4 rings (SSSR count). The summed E-state index contributed by atoms with van der Waals surface area (Å²) in [5.41, 5.74) is -1.86. The highest BCUT2D eigenvalue weighted by molar-refractivity contribution is 7.90. The molecule has 0 amide bonds. The first kappa shape index (κ1) is 36.1. The molecular formula is C27H21F9N4O4S2. The van der Waals surface area contributed by atoms with Crippen LogP contribution < -0.4 is 19.7 Å². The van der Waals surface area contributed by atoms with Crippen LogP contribution in [0, 0.1) is 24.4 Å². The van der Waals surface area contributed by atoms with Crippen LogP contribution in [0.1, 0.15) is 16.7 Å². The van der Waals surface area contributed by atoms with Gasteiger partial charge in [0, 0.05) is 5.56 Å². The summed E-state index contributed by atoms with van der Waals surface area (Å²) >= 11 is 0. The Morgan fingerprint density at radius 1 is 0.543 bits per heavy atom. The van der Waals surface area contributed by atoms with Crippen molar-refractivity contribution < 1.29 is 56.3 Å². The summed E-state index contributed by atoms with van der Waals surface area (Å²) < 4.78 is 164. The fraction of sp³-hybridized carbons (Fsp3) is 0.111. The highest BCUT2D eigenvalue weighted by Gasteiger charge is 2.35. The average molecular weight is 701 g/mol. The van der Waals surface area contributed by atoms with Gasteiger partial charge in [0.15, 0.2) is 0 Å². The molecule has 8 nitrogen and oxygen atoms in total. The van der Waals surface area contributed by atoms with E-state index in [9.17, 15) is 56.3 Å². The van der Waals surface area contributed by atoms with Crippen molar-refractivity contribution in [1.82, 2.24) is 0 Å². The molecule has 0 bridgehead atoms. The van der Waals surface area contributed by atoms with E-state index in [1.54, 1.807) is 6.92 Å². The van der Waals surface area contributed by atoms with E-state index in [0.717, 1.165) is 36.4 Å². The summed E-state index contributed by atoms with van der Waals surface area (Å²) in [4.78, 5) is 0. The van der Waals surface area contributed by atoms with E-state index in [1.807, 2.05) is 4.72 Å². The van der Waals surface area contributed by atoms with E-state index in [-0.39, 0.29) is 28.1 Å². The van der Waals surface area contributed by atoms with Crippen LogP contribution in [0.25, 0.3) is 22.3 Å². The monoisotopic (exact) mass is 700 g/mol. The number of rotatable bonds is 6. The molecule has 6 N–H and O–H groups in total. The molecule has 0 atom stereocenters. The van der Waals surface area contributed by atoms with Gasteiger partial charge in [-0.2, -0.15) is 43.2 Å². The fourth-order valence-corrected chi connectivity index (χ4v) is 4.93. The van der Waals surface area contributed by atoms with Gasteiger partial charge in [0.2, 0.25) is 0 Å². The third-order valence-electron chi connectivity index (χ3n) is 5.89. The molecule has 4 aromatic rings. The lowest BCUT2D eigenvalue weighted by Crippen LogP contribution is -2.21. The van der Waals surface area contributed by atoms with Crippen LogP contribution in [0.2, 0.25) is 0 Å². The number of aryl methyl sites for hydroxylation is 1. The Bertz CT molecular complexity index is 1840. The molecule has 4 aromatic carbocycles. The Balaban J connectivity index is 0.000000250. The second-order valence-electron chi connectivity index (χ2n) is 9.40. The average Bonchev–Trinajstić information content (AvgIpc) is 2.85. The smallest absolute Gasteiger partial charge is 0.271 e. The summed E-state index contributed by atoms with van der Waals surface area (Å²) in [6, 6.07) is 11.9. The summed E-state index contributed by atoms with van der Waals surface area (Å²) in [6.07, 6.45) is -9.62. The maximum Gasteiger partial charge on any atom is 0.419 e. The minimum Gasteiger partial charge on any atom is -0.271 e. The molecule has 19 heteroatoms. The maximum absolute atomic E-state index is 14.0. The molecule has 0 spiro atoms. The predicted molar refractivity (Wildman–Crippen MR) is 152 cm³/mol. The van der Waals surface area contributed by atoms with E-state index in [0.29, 0.717) is 29.3 Å². The highest BCUT2D eigenvalue weighted by atomic mass is 32.2. The third-order valence-corrected chi connectivity index (χ3v) is 6.93. The number of nitrogens with one attached hydrogen (secondary N) is 2. The Morgan fingerprint density at radius 3 is 1.28 bits per heavy atom. The van der Waals surface area contributed by atoms with Crippen LogP contribution in [-0.4, -0.2) is 16.8 Å². The van der Waals surface area contributed by atoms with Gasteiger partial charge in [0.05, 0.1) is 22.5 Å². The first-order chi connectivity index (χ1) is 20.9. The molecule has 0 unspecified atom stereocenters. The number of halogens is 9. The Morgan fingerprint density at radius 2 is 0.935 bits per heavy atom. The van der Waals surface area contributed by atoms with Crippen LogP contribution in [-0.2, 0) is 32.8 Å². The van der Waals surface area contributed by atoms with Gasteiger partial charge in [-0.05, 0) is 83.8 Å². The van der Waals surface area contributed by atoms with Gasteiger partial charge in [-0.1, -0.05) is 18.2 Å². The molecule has 0 aromatic heterocycles. The molecule has 46 heavy (non-hydrogen) atoms. The second-order valence-corrected chi connectivity index (χ2v) is 12.0. The van der Waals surface area contributed by atoms with E-state index in [2.05, 4.69) is 4.72 Å². The van der Waals surface area contributed by atoms with Crippen molar-refractivity contribution in [2.45, 2.75) is 19.3 Å². The van der Waals surface area contributed by atoms with Crippen LogP contribution in [0.3, 0.4) is 0 Å². The normalized spacial score (nSPS) is 12.3. The number of hydrogen-bond acceptors (Lipinski definition) is 4. The molecule has 0 saturated heterocycles. The van der Waals surface area contributed by atoms with Gasteiger partial charge in [-0.25, -0.2) is 23.4 Å². The van der Waals surface area contributed by atoms with Gasteiger partial charge in [0.25, 0.3) is 20.4 Å². The highest BCUT2D eigenvalue weighted by Crippen LogP contribution is 2.36. The fourth-order valence-electron chi connectivity index (χ4n) is 4.02. The molecule has 0 radical (unpaired) electrons. The van der Waals surface area contributed by atoms with Crippen LogP contribution in [0.4, 0.5) is 50.9 Å². The van der Waals surface area contributed by atoms with Gasteiger partial charge >= 0.3 is 12.4 Å². The first-order valence-corrected chi connectivity index (χ1v) is 15.3. The van der Waals surface area contributed by atoms with Crippen molar-refractivity contribution in [1.29, 1.82) is 0 Å². The molecule has 0 aliphatic heterocycles. The van der Waals surface area contributed by atoms with Gasteiger partial charge in [-0.15, -0.1) is 0 Å². The van der Waals surface area contributed by atoms with E-state index < -0.39 is 61.3 Å². The summed E-state index contributed by atoms with van der Waals surface area (Å²) in [5.74, 6) is -3.87. The van der Waals surface area contributed by atoms with Crippen molar-refractivity contribution >= 4 is 31.8 Å². The Hall–Kier alpha value is -4.33. The summed E-state index contributed by atoms with van der Waals surface area (Å²) in [7, 11) is -8.04. The number of nitrogens with two attached hydrogens (primary N) is 2. The van der Waals surface area contributed by atoms with Crippen molar-refractivity contribution in [3.05, 3.63) is 107 Å². The number of anilines is 2. The zero-order chi connectivity index (χ0) is 34.8. The Labute approximate surface area is 256 Å². The van der Waals surface area contributed by atoms with Gasteiger partial charge < -0.3 is 0 Å². The topological polar surface area (TPSA) is 144 Å². The maximum atomic E-state index is 14.0. The molecule has 0 aliphatic carbocycles. The second kappa shape index (κ2) is 13.2. The van der Waals surface area contributed by atoms with Crippen molar-refractivity contribution in [3.63, 3.8) is 0 Å². The summed E-state index contributed by atoms with van der Waals surface area (Å²) in [6.45, 7) is 1.61. The molecule has 0 heterocycles. The third kappa shape index (κ3) is 9.83. The lowest BCUT2D eigenvalue weighted by Gasteiger charge is -2.12. The van der Waals surface area contributed by atoms with Crippen LogP contribution in [0.15, 0.2) is 72.8 Å². The number of hydrogen-bond donors (Lipinski definition) is 4. The molecule has 0 saturated carbocycles. The minimum absolute atomic E-state index is 0.129. The predicted octanol–water partition coefficient (Wildman–Crippen LogP) is 6.70. The van der Waals surface area contributed by atoms with Crippen LogP contribution >= 0.6 is 0 Å². The standard InChI is InChI=1S/C14H12F4N2O2S.C13H9F5N2O2S/c1-8-6-10(20-23(19,21)22)3-4-11(8)9-2-5-12(13(15)7-9)14(16,17)18;14-11-6-8(20-23(19,21)22)2-3-9(11)7-1-4-10(12(15)5-7)13(16,17)18/h2-7,20H,1H3,(H2,19,21,22);1-6,20H,(H2,19,21,22). The molecular weight excluding hydrogens is 679 g/mol. The first-order valence-electron chi connectivity index (χ1n) is 12.2. The Kier molecular flexibility index (Phi) is 10.4. The van der Waals surface area contributed by atoms with Crippen molar-refractivity contribution in [2.75, 3.05) is 9.44 Å². The van der Waals surface area contributed by atoms with E-state index in [1.165, 1.54) is 18.2 Å². The zero-order valence-corrected chi connectivity index (χ0v) is 24.6. The largest absolute Gasteiger partial charge is 0.419 e. The minimum atomic E-state index is -4.86. The van der Waals surface area contributed by atoms with Crippen LogP contribution in [0.5, 0.6) is 0 Å². The summed E-state index contributed by atoms with van der Waals surface area (Å²) in [5, 5.41) is 9.58. The molecule has 0 aliphatic rings. The number of benzene rings is 4. The SMILES string of the molecule is Cc1cc(NS(N)(=O)=O)ccc1-c1ccc(C(F)(F)F)c(F)c1.NS(=O)(=O)Nc1ccc(-c2ccc(C(F)(F)F)c(F)c2)c(F)c1. The zero-order valence-electron chi connectivity index (χ0n) is 22.9. The van der Waals surface area contributed by atoms with Gasteiger partial charge in [-0.3, -0.25) is 9.44 Å². The lowest BCUT2D eigenvalue weighted by atomic mass is 9.98. The lowest BCUT2D eigenvalue weighted by molar-refractivity contribution is -0.140.